The Morgan fingerprint density at radius 3 is 2.17 bits per heavy atom. The molecule has 0 aliphatic rings. The average molecular weight is 240 g/mol. The van der Waals surface area contributed by atoms with E-state index in [9.17, 15) is 0 Å². The molecule has 96 valence electrons. The lowest BCUT2D eigenvalue weighted by atomic mass is 10.0. The van der Waals surface area contributed by atoms with Crippen molar-refractivity contribution in [3.63, 3.8) is 0 Å². The summed E-state index contributed by atoms with van der Waals surface area (Å²) in [4.78, 5) is 0. The van der Waals surface area contributed by atoms with Crippen molar-refractivity contribution < 1.29 is 0 Å². The summed E-state index contributed by atoms with van der Waals surface area (Å²) in [6.07, 6.45) is 16.2. The number of allylic oxidation sites excluding steroid dienone is 12. The van der Waals surface area contributed by atoms with E-state index in [1.165, 1.54) is 5.57 Å². The summed E-state index contributed by atoms with van der Waals surface area (Å²) < 4.78 is 0. The molecule has 0 N–H and O–H groups in total. The molecule has 0 aliphatic carbocycles. The Morgan fingerprint density at radius 2 is 1.67 bits per heavy atom. The Kier molecular flexibility index (Phi) is 8.30. The largest absolute Gasteiger partial charge is 0.0985 e. The summed E-state index contributed by atoms with van der Waals surface area (Å²) in [5.41, 5.74) is 4.46. The molecule has 0 aromatic carbocycles. The highest BCUT2D eigenvalue weighted by Gasteiger charge is 1.95. The van der Waals surface area contributed by atoms with Crippen LogP contribution in [-0.2, 0) is 0 Å². The zero-order valence-corrected chi connectivity index (χ0v) is 12.0. The molecule has 0 unspecified atom stereocenters. The second-order valence-electron chi connectivity index (χ2n) is 4.14. The first-order valence-corrected chi connectivity index (χ1v) is 6.19. The third-order valence-corrected chi connectivity index (χ3v) is 2.44. The van der Waals surface area contributed by atoms with Gasteiger partial charge in [0.1, 0.15) is 0 Å². The predicted molar refractivity (Wildman–Crippen MR) is 84.6 cm³/mol. The second-order valence-corrected chi connectivity index (χ2v) is 4.14. The van der Waals surface area contributed by atoms with Gasteiger partial charge in [-0.25, -0.2) is 0 Å². The van der Waals surface area contributed by atoms with Crippen molar-refractivity contribution in [2.75, 3.05) is 0 Å². The molecule has 0 amide bonds. The summed E-state index contributed by atoms with van der Waals surface area (Å²) in [5, 5.41) is 0. The molecule has 0 heterocycles. The van der Waals surface area contributed by atoms with Crippen molar-refractivity contribution in [1.29, 1.82) is 0 Å². The van der Waals surface area contributed by atoms with Crippen molar-refractivity contribution in [2.24, 2.45) is 0 Å². The van der Waals surface area contributed by atoms with Crippen LogP contribution in [0.4, 0.5) is 0 Å². The standard InChI is InChI=1S/C18H24/c1-7-10-12-15(4)13-16(5)17(6)14-18(9-3)11-8-2/h7-14H,3,6H2,1-2,4-5H3/b10-7+,11-8-,15-12-,16-13+,18-14-. The summed E-state index contributed by atoms with van der Waals surface area (Å²) >= 11 is 0. The molecule has 0 aromatic rings. The zero-order chi connectivity index (χ0) is 14.0. The van der Waals surface area contributed by atoms with E-state index in [0.717, 1.165) is 16.7 Å². The van der Waals surface area contributed by atoms with E-state index in [2.05, 4.69) is 39.2 Å². The zero-order valence-electron chi connectivity index (χ0n) is 12.0. The van der Waals surface area contributed by atoms with Gasteiger partial charge in [-0.2, -0.15) is 0 Å². The Labute approximate surface area is 112 Å². The predicted octanol–water partition coefficient (Wildman–Crippen LogP) is 5.70. The third kappa shape index (κ3) is 6.70. The summed E-state index contributed by atoms with van der Waals surface area (Å²) in [6, 6.07) is 0. The van der Waals surface area contributed by atoms with Gasteiger partial charge in [-0.15, -0.1) is 0 Å². The lowest BCUT2D eigenvalue weighted by Gasteiger charge is -2.02. The highest BCUT2D eigenvalue weighted by molar-refractivity contribution is 5.46. The van der Waals surface area contributed by atoms with Crippen LogP contribution in [0.3, 0.4) is 0 Å². The van der Waals surface area contributed by atoms with E-state index in [4.69, 9.17) is 0 Å². The summed E-state index contributed by atoms with van der Waals surface area (Å²) in [6.45, 7) is 16.0. The van der Waals surface area contributed by atoms with Gasteiger partial charge in [0.2, 0.25) is 0 Å². The molecule has 0 saturated heterocycles. The Bertz CT molecular complexity index is 435. The first kappa shape index (κ1) is 16.2. The molecule has 0 heteroatoms. The quantitative estimate of drug-likeness (QED) is 0.522. The first-order valence-electron chi connectivity index (χ1n) is 6.19. The normalized spacial score (nSPS) is 14.6. The SMILES string of the molecule is C=CC(/C=C\C)=C/C(=C)/C(C)=C/C(C)=C\C=C\C. The van der Waals surface area contributed by atoms with Crippen LogP contribution in [0.2, 0.25) is 0 Å². The van der Waals surface area contributed by atoms with Gasteiger partial charge in [0.05, 0.1) is 0 Å². The molecule has 0 spiro atoms. The lowest BCUT2D eigenvalue weighted by molar-refractivity contribution is 1.38. The number of rotatable bonds is 6. The highest BCUT2D eigenvalue weighted by Crippen LogP contribution is 2.14. The van der Waals surface area contributed by atoms with E-state index in [-0.39, 0.29) is 0 Å². The average Bonchev–Trinajstić information content (AvgIpc) is 2.35. The fourth-order valence-corrected chi connectivity index (χ4v) is 1.41. The van der Waals surface area contributed by atoms with Gasteiger partial charge in [0.15, 0.2) is 0 Å². The van der Waals surface area contributed by atoms with Gasteiger partial charge in [-0.05, 0) is 50.5 Å². The van der Waals surface area contributed by atoms with E-state index < -0.39 is 0 Å². The number of hydrogen-bond acceptors (Lipinski definition) is 0. The van der Waals surface area contributed by atoms with Crippen molar-refractivity contribution in [3.05, 3.63) is 84.1 Å². The third-order valence-electron chi connectivity index (χ3n) is 2.44. The Hall–Kier alpha value is -1.82. The summed E-state index contributed by atoms with van der Waals surface area (Å²) in [5.74, 6) is 0. The topological polar surface area (TPSA) is 0 Å². The highest BCUT2D eigenvalue weighted by atomic mass is 14.0. The van der Waals surface area contributed by atoms with Crippen LogP contribution >= 0.6 is 0 Å². The molecule has 0 nitrogen and oxygen atoms in total. The minimum atomic E-state index is 1.01. The van der Waals surface area contributed by atoms with E-state index in [1.54, 1.807) is 0 Å². The minimum Gasteiger partial charge on any atom is -0.0985 e. The van der Waals surface area contributed by atoms with Crippen LogP contribution in [-0.4, -0.2) is 0 Å². The van der Waals surface area contributed by atoms with Crippen LogP contribution in [0.5, 0.6) is 0 Å². The maximum Gasteiger partial charge on any atom is -0.0260 e. The van der Waals surface area contributed by atoms with E-state index in [0.29, 0.717) is 0 Å². The molecule has 0 atom stereocenters. The second kappa shape index (κ2) is 9.23. The van der Waals surface area contributed by atoms with Crippen LogP contribution in [0.15, 0.2) is 84.1 Å². The molecular weight excluding hydrogens is 216 g/mol. The van der Waals surface area contributed by atoms with Crippen molar-refractivity contribution in [2.45, 2.75) is 27.7 Å². The fourth-order valence-electron chi connectivity index (χ4n) is 1.41. The van der Waals surface area contributed by atoms with Gasteiger partial charge >= 0.3 is 0 Å². The van der Waals surface area contributed by atoms with Gasteiger partial charge < -0.3 is 0 Å². The minimum absolute atomic E-state index is 1.01. The van der Waals surface area contributed by atoms with Gasteiger partial charge in [0.25, 0.3) is 0 Å². The van der Waals surface area contributed by atoms with Crippen LogP contribution in [0, 0.1) is 0 Å². The molecule has 0 saturated carbocycles. The first-order chi connectivity index (χ1) is 8.54. The Morgan fingerprint density at radius 1 is 1.00 bits per heavy atom. The molecule has 18 heavy (non-hydrogen) atoms. The monoisotopic (exact) mass is 240 g/mol. The van der Waals surface area contributed by atoms with Crippen LogP contribution in [0.1, 0.15) is 27.7 Å². The van der Waals surface area contributed by atoms with E-state index in [1.807, 2.05) is 50.3 Å². The lowest BCUT2D eigenvalue weighted by Crippen LogP contribution is -1.83. The fraction of sp³-hybridized carbons (Fsp3) is 0.222. The maximum absolute atomic E-state index is 4.09. The smallest absolute Gasteiger partial charge is 0.0260 e. The van der Waals surface area contributed by atoms with Crippen LogP contribution in [0.25, 0.3) is 0 Å². The van der Waals surface area contributed by atoms with E-state index >= 15 is 0 Å². The van der Waals surface area contributed by atoms with Crippen molar-refractivity contribution >= 4 is 0 Å². The summed E-state index contributed by atoms with van der Waals surface area (Å²) in [7, 11) is 0. The molecule has 0 fully saturated rings. The van der Waals surface area contributed by atoms with Crippen LogP contribution < -0.4 is 0 Å². The molecule has 0 radical (unpaired) electrons. The van der Waals surface area contributed by atoms with Gasteiger partial charge in [-0.3, -0.25) is 0 Å². The number of hydrogen-bond donors (Lipinski definition) is 0. The molecule has 0 bridgehead atoms. The maximum atomic E-state index is 4.09. The molecule has 0 aromatic heterocycles. The van der Waals surface area contributed by atoms with Crippen molar-refractivity contribution in [3.8, 4) is 0 Å². The van der Waals surface area contributed by atoms with Crippen molar-refractivity contribution in [1.82, 2.24) is 0 Å². The Balaban J connectivity index is 5.00. The molecular formula is C18H24. The van der Waals surface area contributed by atoms with Gasteiger partial charge in [-0.1, -0.05) is 61.3 Å². The molecule has 0 rings (SSSR count). The molecule has 0 aliphatic heterocycles. The van der Waals surface area contributed by atoms with Gasteiger partial charge in [0, 0.05) is 0 Å².